The highest BCUT2D eigenvalue weighted by Crippen LogP contribution is 2.22. The smallest absolute Gasteiger partial charge is 0.201 e. The van der Waals surface area contributed by atoms with Crippen LogP contribution in [-0.4, -0.2) is 23.3 Å². The lowest BCUT2D eigenvalue weighted by Gasteiger charge is -2.06. The molecule has 0 bridgehead atoms. The highest BCUT2D eigenvalue weighted by atomic mass is 79.9. The standard InChI is InChI=1S/C12H16BrN3O/c1-17-7-3-2-6-16-11-8-9(13)4-5-10(11)15-12(16)14/h4-5,8H,2-3,6-7H2,1H3,(H2,14,15). The van der Waals surface area contributed by atoms with E-state index >= 15 is 0 Å². The Bertz CT molecular complexity index is 510. The molecule has 0 amide bonds. The molecule has 0 atom stereocenters. The molecule has 0 spiro atoms. The molecule has 1 aromatic heterocycles. The maximum Gasteiger partial charge on any atom is 0.201 e. The van der Waals surface area contributed by atoms with Gasteiger partial charge in [-0.2, -0.15) is 0 Å². The first-order valence-electron chi connectivity index (χ1n) is 5.62. The Balaban J connectivity index is 2.20. The van der Waals surface area contributed by atoms with Crippen LogP contribution in [-0.2, 0) is 11.3 Å². The van der Waals surface area contributed by atoms with Crippen LogP contribution in [0.1, 0.15) is 12.8 Å². The number of anilines is 1. The number of aryl methyl sites for hydroxylation is 1. The minimum atomic E-state index is 0.579. The predicted molar refractivity (Wildman–Crippen MR) is 73.0 cm³/mol. The second-order valence-corrected chi connectivity index (χ2v) is 4.87. The van der Waals surface area contributed by atoms with Gasteiger partial charge in [-0.1, -0.05) is 15.9 Å². The maximum absolute atomic E-state index is 5.92. The lowest BCUT2D eigenvalue weighted by molar-refractivity contribution is 0.191. The maximum atomic E-state index is 5.92. The number of nitrogen functional groups attached to an aromatic ring is 1. The Morgan fingerprint density at radius 3 is 3.00 bits per heavy atom. The second kappa shape index (κ2) is 5.51. The largest absolute Gasteiger partial charge is 0.385 e. The van der Waals surface area contributed by atoms with Gasteiger partial charge < -0.3 is 15.0 Å². The van der Waals surface area contributed by atoms with Crippen LogP contribution in [0.15, 0.2) is 22.7 Å². The molecule has 0 aliphatic rings. The number of fused-ring (bicyclic) bond motifs is 1. The van der Waals surface area contributed by atoms with Crippen molar-refractivity contribution in [1.82, 2.24) is 9.55 Å². The quantitative estimate of drug-likeness (QED) is 0.864. The van der Waals surface area contributed by atoms with Gasteiger partial charge in [0.1, 0.15) is 0 Å². The number of nitrogens with zero attached hydrogens (tertiary/aromatic N) is 2. The van der Waals surface area contributed by atoms with Gasteiger partial charge in [-0.3, -0.25) is 0 Å². The summed E-state index contributed by atoms with van der Waals surface area (Å²) in [6.45, 7) is 1.67. The van der Waals surface area contributed by atoms with Gasteiger partial charge in [0.2, 0.25) is 5.95 Å². The summed E-state index contributed by atoms with van der Waals surface area (Å²) in [7, 11) is 1.72. The van der Waals surface area contributed by atoms with Crippen LogP contribution in [0.25, 0.3) is 11.0 Å². The molecular weight excluding hydrogens is 282 g/mol. The number of benzene rings is 1. The molecule has 1 aromatic carbocycles. The zero-order valence-electron chi connectivity index (χ0n) is 9.82. The van der Waals surface area contributed by atoms with Crippen LogP contribution in [0.3, 0.4) is 0 Å². The van der Waals surface area contributed by atoms with Crippen molar-refractivity contribution in [3.8, 4) is 0 Å². The fourth-order valence-corrected chi connectivity index (χ4v) is 2.21. The first-order valence-corrected chi connectivity index (χ1v) is 6.42. The minimum absolute atomic E-state index is 0.579. The summed E-state index contributed by atoms with van der Waals surface area (Å²) < 4.78 is 8.13. The molecule has 5 heteroatoms. The number of aromatic nitrogens is 2. The molecule has 17 heavy (non-hydrogen) atoms. The predicted octanol–water partition coefficient (Wildman–Crippen LogP) is 2.81. The van der Waals surface area contributed by atoms with Crippen LogP contribution in [0, 0.1) is 0 Å². The first kappa shape index (κ1) is 12.4. The number of hydrogen-bond acceptors (Lipinski definition) is 3. The molecule has 0 radical (unpaired) electrons. The molecule has 0 saturated carbocycles. The van der Waals surface area contributed by atoms with Crippen molar-refractivity contribution in [2.24, 2.45) is 0 Å². The molecule has 2 rings (SSSR count). The SMILES string of the molecule is COCCCCn1c(N)nc2ccc(Br)cc21. The van der Waals surface area contributed by atoms with E-state index in [9.17, 15) is 0 Å². The molecule has 2 N–H and O–H groups in total. The molecule has 4 nitrogen and oxygen atoms in total. The fraction of sp³-hybridized carbons (Fsp3) is 0.417. The lowest BCUT2D eigenvalue weighted by atomic mass is 10.3. The average Bonchev–Trinajstić information content (AvgIpc) is 2.61. The summed E-state index contributed by atoms with van der Waals surface area (Å²) in [6, 6.07) is 6.00. The van der Waals surface area contributed by atoms with E-state index < -0.39 is 0 Å². The van der Waals surface area contributed by atoms with Crippen LogP contribution >= 0.6 is 15.9 Å². The van der Waals surface area contributed by atoms with Crippen molar-refractivity contribution >= 4 is 32.9 Å². The number of halogens is 1. The van der Waals surface area contributed by atoms with E-state index in [0.29, 0.717) is 5.95 Å². The Labute approximate surface area is 109 Å². The van der Waals surface area contributed by atoms with Crippen LogP contribution in [0.2, 0.25) is 0 Å². The Morgan fingerprint density at radius 2 is 2.24 bits per heavy atom. The van der Waals surface area contributed by atoms with Crippen molar-refractivity contribution in [2.45, 2.75) is 19.4 Å². The van der Waals surface area contributed by atoms with E-state index in [0.717, 1.165) is 41.5 Å². The minimum Gasteiger partial charge on any atom is -0.385 e. The monoisotopic (exact) mass is 297 g/mol. The number of methoxy groups -OCH3 is 1. The molecular formula is C12H16BrN3O. The Hall–Kier alpha value is -1.07. The molecule has 0 aliphatic carbocycles. The summed E-state index contributed by atoms with van der Waals surface area (Å²) in [5, 5.41) is 0. The van der Waals surface area contributed by atoms with E-state index in [-0.39, 0.29) is 0 Å². The first-order chi connectivity index (χ1) is 8.22. The van der Waals surface area contributed by atoms with E-state index in [4.69, 9.17) is 10.5 Å². The third-order valence-corrected chi connectivity index (χ3v) is 3.21. The summed E-state index contributed by atoms with van der Waals surface area (Å²) in [5.74, 6) is 0.579. The number of nitrogens with two attached hydrogens (primary N) is 1. The van der Waals surface area contributed by atoms with Crippen LogP contribution in [0.4, 0.5) is 5.95 Å². The highest BCUT2D eigenvalue weighted by molar-refractivity contribution is 9.10. The molecule has 0 aliphatic heterocycles. The zero-order chi connectivity index (χ0) is 12.3. The van der Waals surface area contributed by atoms with Crippen molar-refractivity contribution in [3.63, 3.8) is 0 Å². The van der Waals surface area contributed by atoms with Gasteiger partial charge >= 0.3 is 0 Å². The second-order valence-electron chi connectivity index (χ2n) is 3.95. The van der Waals surface area contributed by atoms with Gasteiger partial charge in [-0.25, -0.2) is 4.98 Å². The molecule has 2 aromatic rings. The number of hydrogen-bond donors (Lipinski definition) is 1. The van der Waals surface area contributed by atoms with E-state index in [2.05, 4.69) is 31.5 Å². The van der Waals surface area contributed by atoms with Crippen molar-refractivity contribution in [1.29, 1.82) is 0 Å². The Kier molecular flexibility index (Phi) is 4.02. The lowest BCUT2D eigenvalue weighted by Crippen LogP contribution is -2.04. The van der Waals surface area contributed by atoms with E-state index in [1.54, 1.807) is 7.11 Å². The van der Waals surface area contributed by atoms with Gasteiger partial charge in [0.05, 0.1) is 11.0 Å². The number of unbranched alkanes of at least 4 members (excludes halogenated alkanes) is 1. The highest BCUT2D eigenvalue weighted by Gasteiger charge is 2.07. The van der Waals surface area contributed by atoms with Crippen molar-refractivity contribution < 1.29 is 4.74 Å². The zero-order valence-corrected chi connectivity index (χ0v) is 11.4. The Morgan fingerprint density at radius 1 is 1.41 bits per heavy atom. The summed E-state index contributed by atoms with van der Waals surface area (Å²) in [4.78, 5) is 4.34. The van der Waals surface area contributed by atoms with Crippen molar-refractivity contribution in [3.05, 3.63) is 22.7 Å². The van der Waals surface area contributed by atoms with Crippen LogP contribution in [0.5, 0.6) is 0 Å². The van der Waals surface area contributed by atoms with Gasteiger partial charge in [0.25, 0.3) is 0 Å². The number of imidazole rings is 1. The van der Waals surface area contributed by atoms with Gasteiger partial charge in [0, 0.05) is 24.7 Å². The summed E-state index contributed by atoms with van der Waals surface area (Å²) >= 11 is 3.47. The average molecular weight is 298 g/mol. The topological polar surface area (TPSA) is 53.1 Å². The van der Waals surface area contributed by atoms with Crippen LogP contribution < -0.4 is 5.73 Å². The molecule has 0 saturated heterocycles. The third kappa shape index (κ3) is 2.79. The molecule has 1 heterocycles. The molecule has 92 valence electrons. The summed E-state index contributed by atoms with van der Waals surface area (Å²) in [6.07, 6.45) is 2.07. The van der Waals surface area contributed by atoms with E-state index in [1.165, 1.54) is 0 Å². The fourth-order valence-electron chi connectivity index (χ4n) is 1.87. The molecule has 0 fully saturated rings. The van der Waals surface area contributed by atoms with Gasteiger partial charge in [-0.15, -0.1) is 0 Å². The molecule has 0 unspecified atom stereocenters. The number of ether oxygens (including phenoxy) is 1. The van der Waals surface area contributed by atoms with Gasteiger partial charge in [0.15, 0.2) is 0 Å². The summed E-state index contributed by atoms with van der Waals surface area (Å²) in [5.41, 5.74) is 7.94. The third-order valence-electron chi connectivity index (χ3n) is 2.72. The van der Waals surface area contributed by atoms with Gasteiger partial charge in [-0.05, 0) is 31.0 Å². The van der Waals surface area contributed by atoms with E-state index in [1.807, 2.05) is 12.1 Å². The number of rotatable bonds is 5. The van der Waals surface area contributed by atoms with Crippen molar-refractivity contribution in [2.75, 3.05) is 19.5 Å². The normalized spacial score (nSPS) is 11.2.